The molecule has 0 fully saturated rings. The lowest BCUT2D eigenvalue weighted by Crippen LogP contribution is -2.00. The Morgan fingerprint density at radius 1 is 0.939 bits per heavy atom. The molecule has 0 saturated carbocycles. The number of para-hydroxylation sites is 3. The van der Waals surface area contributed by atoms with Crippen molar-refractivity contribution in [1.29, 1.82) is 0 Å². The van der Waals surface area contributed by atoms with Crippen LogP contribution in [0, 0.1) is 0 Å². The molecule has 0 aliphatic carbocycles. The molecule has 0 radical (unpaired) electrons. The molecule has 162 valence electrons. The van der Waals surface area contributed by atoms with Crippen molar-refractivity contribution in [2.24, 2.45) is 0 Å². The van der Waals surface area contributed by atoms with Gasteiger partial charge in [0.25, 0.3) is 0 Å². The van der Waals surface area contributed by atoms with Gasteiger partial charge in [-0.1, -0.05) is 72.8 Å². The van der Waals surface area contributed by atoms with Gasteiger partial charge in [0.05, 0.1) is 11.0 Å². The van der Waals surface area contributed by atoms with E-state index in [0.717, 1.165) is 39.1 Å². The number of carboxylic acids is 1. The van der Waals surface area contributed by atoms with E-state index in [1.54, 1.807) is 6.08 Å². The van der Waals surface area contributed by atoms with E-state index >= 15 is 0 Å². The second kappa shape index (κ2) is 9.22. The number of aromatic nitrogens is 2. The van der Waals surface area contributed by atoms with Crippen LogP contribution < -0.4 is 4.74 Å². The fraction of sp³-hybridized carbons (Fsp3) is 0.0370. The number of imidazole rings is 1. The highest BCUT2D eigenvalue weighted by atomic mass is 32.2. The Labute approximate surface area is 194 Å². The monoisotopic (exact) mass is 452 g/mol. The summed E-state index contributed by atoms with van der Waals surface area (Å²) >= 11 is 1.08. The molecule has 0 aliphatic rings. The van der Waals surface area contributed by atoms with Crippen molar-refractivity contribution in [3.63, 3.8) is 0 Å². The molecule has 0 atom stereocenters. The molecule has 0 unspecified atom stereocenters. The van der Waals surface area contributed by atoms with Crippen molar-refractivity contribution in [1.82, 2.24) is 9.97 Å². The smallest absolute Gasteiger partial charge is 0.342 e. The van der Waals surface area contributed by atoms with Gasteiger partial charge in [0.1, 0.15) is 17.3 Å². The largest absolute Gasteiger partial charge is 0.488 e. The normalized spacial score (nSPS) is 11.7. The molecule has 33 heavy (non-hydrogen) atoms. The van der Waals surface area contributed by atoms with E-state index in [0.29, 0.717) is 23.1 Å². The lowest BCUT2D eigenvalue weighted by Gasteiger charge is -2.12. The first kappa shape index (κ1) is 20.8. The number of carbonyl (C=O) groups is 1. The number of benzene rings is 4. The quantitative estimate of drug-likeness (QED) is 0.217. The summed E-state index contributed by atoms with van der Waals surface area (Å²) in [5, 5.41) is 12.6. The molecular weight excluding hydrogens is 432 g/mol. The summed E-state index contributed by atoms with van der Waals surface area (Å²) in [4.78, 5) is 19.8. The molecule has 5 nitrogen and oxygen atoms in total. The number of carboxylic acid groups (broad SMARTS) is 1. The highest BCUT2D eigenvalue weighted by Crippen LogP contribution is 2.31. The SMILES string of the molecule is O=C(O)/C(=C/c1ccccc1OCc1cccc2ccccc12)Sc1nc2ccccc2[nH]1. The summed E-state index contributed by atoms with van der Waals surface area (Å²) in [6.07, 6.45) is 1.62. The van der Waals surface area contributed by atoms with Crippen molar-refractivity contribution in [3.05, 3.63) is 107 Å². The van der Waals surface area contributed by atoms with Crippen LogP contribution in [-0.2, 0) is 11.4 Å². The number of hydrogen-bond donors (Lipinski definition) is 2. The number of aliphatic carboxylic acids is 1. The van der Waals surface area contributed by atoms with E-state index in [-0.39, 0.29) is 4.91 Å². The third kappa shape index (κ3) is 4.61. The summed E-state index contributed by atoms with van der Waals surface area (Å²) < 4.78 is 6.14. The minimum atomic E-state index is -1.02. The molecule has 6 heteroatoms. The van der Waals surface area contributed by atoms with Crippen LogP contribution in [0.5, 0.6) is 5.75 Å². The minimum Gasteiger partial charge on any atom is -0.488 e. The zero-order valence-corrected chi connectivity index (χ0v) is 18.4. The van der Waals surface area contributed by atoms with Crippen LogP contribution in [0.1, 0.15) is 11.1 Å². The van der Waals surface area contributed by atoms with E-state index in [1.807, 2.05) is 72.8 Å². The fourth-order valence-electron chi connectivity index (χ4n) is 3.66. The fourth-order valence-corrected chi connectivity index (χ4v) is 4.45. The number of hydrogen-bond acceptors (Lipinski definition) is 4. The number of nitrogens with zero attached hydrogens (tertiary/aromatic N) is 1. The Kier molecular flexibility index (Phi) is 5.83. The first-order chi connectivity index (χ1) is 16.2. The van der Waals surface area contributed by atoms with Crippen LogP contribution in [0.25, 0.3) is 27.9 Å². The Balaban J connectivity index is 1.42. The Morgan fingerprint density at radius 3 is 2.58 bits per heavy atom. The highest BCUT2D eigenvalue weighted by molar-refractivity contribution is 8.04. The summed E-state index contributed by atoms with van der Waals surface area (Å²) in [5.41, 5.74) is 3.42. The van der Waals surface area contributed by atoms with Gasteiger partial charge in [0, 0.05) is 5.56 Å². The molecular formula is C27H20N2O3S. The second-order valence-electron chi connectivity index (χ2n) is 7.44. The van der Waals surface area contributed by atoms with Crippen LogP contribution in [0.2, 0.25) is 0 Å². The predicted molar refractivity (Wildman–Crippen MR) is 132 cm³/mol. The predicted octanol–water partition coefficient (Wildman–Crippen LogP) is 6.51. The molecule has 1 aromatic heterocycles. The number of rotatable bonds is 7. The minimum absolute atomic E-state index is 0.148. The van der Waals surface area contributed by atoms with Gasteiger partial charge in [-0.05, 0) is 52.4 Å². The third-order valence-corrected chi connectivity index (χ3v) is 6.15. The van der Waals surface area contributed by atoms with Crippen LogP contribution in [0.3, 0.4) is 0 Å². The van der Waals surface area contributed by atoms with E-state index in [9.17, 15) is 9.90 Å². The standard InChI is InChI=1S/C27H20N2O3S/c30-26(31)25(33-27-28-22-13-4-5-14-23(22)29-27)16-19-9-2-6-15-24(19)32-17-20-11-7-10-18-8-1-3-12-21(18)20/h1-16H,17H2,(H,28,29)(H,30,31)/b25-16-. The molecule has 0 amide bonds. The van der Waals surface area contributed by atoms with Gasteiger partial charge in [0.15, 0.2) is 5.16 Å². The number of fused-ring (bicyclic) bond motifs is 2. The average Bonchev–Trinajstić information content (AvgIpc) is 3.25. The van der Waals surface area contributed by atoms with Gasteiger partial charge in [-0.25, -0.2) is 9.78 Å². The summed E-state index contributed by atoms with van der Waals surface area (Å²) in [6.45, 7) is 0.380. The number of nitrogens with one attached hydrogen (secondary N) is 1. The van der Waals surface area contributed by atoms with E-state index in [2.05, 4.69) is 28.2 Å². The molecule has 0 saturated heterocycles. The third-order valence-electron chi connectivity index (χ3n) is 5.25. The lowest BCUT2D eigenvalue weighted by molar-refractivity contribution is -0.131. The first-order valence-corrected chi connectivity index (χ1v) is 11.2. The maximum Gasteiger partial charge on any atom is 0.342 e. The molecule has 5 aromatic rings. The number of thioether (sulfide) groups is 1. The van der Waals surface area contributed by atoms with E-state index in [4.69, 9.17) is 4.74 Å². The molecule has 4 aromatic carbocycles. The van der Waals surface area contributed by atoms with Gasteiger partial charge in [0.2, 0.25) is 0 Å². The topological polar surface area (TPSA) is 75.2 Å². The Hall–Kier alpha value is -4.03. The van der Waals surface area contributed by atoms with Gasteiger partial charge < -0.3 is 14.8 Å². The zero-order chi connectivity index (χ0) is 22.6. The maximum absolute atomic E-state index is 12.0. The van der Waals surface area contributed by atoms with Crippen molar-refractivity contribution in [2.45, 2.75) is 11.8 Å². The highest BCUT2D eigenvalue weighted by Gasteiger charge is 2.14. The van der Waals surface area contributed by atoms with Crippen molar-refractivity contribution < 1.29 is 14.6 Å². The molecule has 0 spiro atoms. The summed E-state index contributed by atoms with van der Waals surface area (Å²) in [5.74, 6) is -0.404. The zero-order valence-electron chi connectivity index (χ0n) is 17.6. The van der Waals surface area contributed by atoms with Gasteiger partial charge in [-0.2, -0.15) is 0 Å². The van der Waals surface area contributed by atoms with Crippen LogP contribution in [0.15, 0.2) is 101 Å². The molecule has 5 rings (SSSR count). The van der Waals surface area contributed by atoms with Crippen LogP contribution >= 0.6 is 11.8 Å². The summed E-state index contributed by atoms with van der Waals surface area (Å²) in [7, 11) is 0. The van der Waals surface area contributed by atoms with Crippen molar-refractivity contribution in [2.75, 3.05) is 0 Å². The van der Waals surface area contributed by atoms with Gasteiger partial charge in [-0.3, -0.25) is 0 Å². The van der Waals surface area contributed by atoms with E-state index in [1.165, 1.54) is 0 Å². The molecule has 2 N–H and O–H groups in total. The Bertz CT molecular complexity index is 1450. The number of H-pyrrole nitrogens is 1. The van der Waals surface area contributed by atoms with Gasteiger partial charge in [-0.15, -0.1) is 0 Å². The maximum atomic E-state index is 12.0. The van der Waals surface area contributed by atoms with E-state index < -0.39 is 5.97 Å². The molecule has 0 aliphatic heterocycles. The average molecular weight is 453 g/mol. The van der Waals surface area contributed by atoms with Gasteiger partial charge >= 0.3 is 5.97 Å². The van der Waals surface area contributed by atoms with Crippen LogP contribution in [0.4, 0.5) is 0 Å². The molecule has 1 heterocycles. The number of aromatic amines is 1. The second-order valence-corrected chi connectivity index (χ2v) is 8.47. The first-order valence-electron chi connectivity index (χ1n) is 10.4. The Morgan fingerprint density at radius 2 is 1.70 bits per heavy atom. The number of ether oxygens (including phenoxy) is 1. The van der Waals surface area contributed by atoms with Crippen molar-refractivity contribution >= 4 is 45.6 Å². The molecule has 0 bridgehead atoms. The van der Waals surface area contributed by atoms with Crippen molar-refractivity contribution in [3.8, 4) is 5.75 Å². The lowest BCUT2D eigenvalue weighted by atomic mass is 10.1. The summed E-state index contributed by atoms with van der Waals surface area (Å²) in [6, 6.07) is 29.3. The van der Waals surface area contributed by atoms with Crippen LogP contribution in [-0.4, -0.2) is 21.0 Å².